The number of aromatic nitrogens is 2. The van der Waals surface area contributed by atoms with Gasteiger partial charge in [-0.05, 0) is 6.92 Å². The van der Waals surface area contributed by atoms with Crippen molar-refractivity contribution in [1.29, 1.82) is 0 Å². The first-order valence-electron chi connectivity index (χ1n) is 5.74. The summed E-state index contributed by atoms with van der Waals surface area (Å²) in [6.45, 7) is 4.19. The third-order valence-corrected chi connectivity index (χ3v) is 5.85. The molecule has 2 N–H and O–H groups in total. The summed E-state index contributed by atoms with van der Waals surface area (Å²) in [7, 11) is -3.85. The Bertz CT molecular complexity index is 596. The van der Waals surface area contributed by atoms with E-state index in [0.717, 1.165) is 0 Å². The van der Waals surface area contributed by atoms with Crippen LogP contribution in [0.1, 0.15) is 23.0 Å². The number of carboxylic acid groups (broad SMARTS) is 1. The topological polar surface area (TPSA) is 103 Å². The molecule has 1 fully saturated rings. The van der Waals surface area contributed by atoms with Gasteiger partial charge >= 0.3 is 5.97 Å². The third kappa shape index (κ3) is 2.63. The van der Waals surface area contributed by atoms with Gasteiger partial charge in [-0.25, -0.2) is 13.2 Å². The second-order valence-electron chi connectivity index (χ2n) is 4.38. The van der Waals surface area contributed by atoms with Crippen molar-refractivity contribution in [2.24, 2.45) is 0 Å². The number of H-pyrrole nitrogens is 1. The molecule has 0 amide bonds. The Morgan fingerprint density at radius 1 is 1.58 bits per heavy atom. The van der Waals surface area contributed by atoms with Crippen molar-refractivity contribution in [3.05, 3.63) is 11.3 Å². The second-order valence-corrected chi connectivity index (χ2v) is 7.78. The number of sulfonamides is 1. The highest BCUT2D eigenvalue weighted by Gasteiger charge is 2.35. The summed E-state index contributed by atoms with van der Waals surface area (Å²) < 4.78 is 26.2. The van der Waals surface area contributed by atoms with Crippen LogP contribution in [0.2, 0.25) is 0 Å². The van der Waals surface area contributed by atoms with E-state index in [1.54, 1.807) is 11.8 Å². The molecule has 1 atom stereocenters. The Hall–Kier alpha value is -1.06. The number of nitrogens with zero attached hydrogens (tertiary/aromatic N) is 2. The lowest BCUT2D eigenvalue weighted by atomic mass is 10.3. The largest absolute Gasteiger partial charge is 0.478 e. The van der Waals surface area contributed by atoms with Crippen molar-refractivity contribution in [2.75, 3.05) is 18.8 Å². The molecule has 1 aliphatic rings. The van der Waals surface area contributed by atoms with Crippen molar-refractivity contribution in [3.63, 3.8) is 0 Å². The zero-order valence-corrected chi connectivity index (χ0v) is 12.2. The van der Waals surface area contributed by atoms with E-state index in [2.05, 4.69) is 10.2 Å². The number of carbonyl (C=O) groups is 1. The number of aromatic carboxylic acids is 1. The van der Waals surface area contributed by atoms with Crippen LogP contribution in [-0.2, 0) is 10.0 Å². The van der Waals surface area contributed by atoms with Crippen LogP contribution in [-0.4, -0.2) is 58.1 Å². The molecule has 1 aromatic heterocycles. The van der Waals surface area contributed by atoms with Gasteiger partial charge in [-0.1, -0.05) is 6.92 Å². The number of hydrogen-bond acceptors (Lipinski definition) is 5. The molecule has 1 saturated heterocycles. The van der Waals surface area contributed by atoms with Gasteiger partial charge in [0.05, 0.1) is 0 Å². The fourth-order valence-corrected chi connectivity index (χ4v) is 4.85. The third-order valence-electron chi connectivity index (χ3n) is 2.92. The molecule has 2 rings (SSSR count). The van der Waals surface area contributed by atoms with Crippen LogP contribution < -0.4 is 0 Å². The number of aromatic amines is 1. The molecule has 9 heteroatoms. The highest BCUT2D eigenvalue weighted by Crippen LogP contribution is 2.25. The minimum atomic E-state index is -3.85. The standard InChI is InChI=1S/C10H15N3O4S2/c1-6-5-13(3-4-18-6)19(16,17)9-8(10(14)15)7(2)11-12-9/h6H,3-5H2,1-2H3,(H,11,12)(H,14,15). The van der Waals surface area contributed by atoms with Crippen molar-refractivity contribution >= 4 is 27.8 Å². The van der Waals surface area contributed by atoms with Gasteiger partial charge in [-0.15, -0.1) is 0 Å². The molecule has 0 aromatic carbocycles. The van der Waals surface area contributed by atoms with Gasteiger partial charge in [0.25, 0.3) is 10.0 Å². The number of nitrogens with one attached hydrogen (secondary N) is 1. The molecule has 106 valence electrons. The van der Waals surface area contributed by atoms with Gasteiger partial charge in [-0.3, -0.25) is 5.10 Å². The van der Waals surface area contributed by atoms with Crippen molar-refractivity contribution < 1.29 is 18.3 Å². The van der Waals surface area contributed by atoms with Gasteiger partial charge < -0.3 is 5.11 Å². The normalized spacial score (nSPS) is 21.5. The minimum Gasteiger partial charge on any atom is -0.478 e. The van der Waals surface area contributed by atoms with Crippen molar-refractivity contribution in [2.45, 2.75) is 24.1 Å². The molecular formula is C10H15N3O4S2. The highest BCUT2D eigenvalue weighted by molar-refractivity contribution is 8.00. The van der Waals surface area contributed by atoms with Crippen LogP contribution in [0, 0.1) is 6.92 Å². The van der Waals surface area contributed by atoms with E-state index in [1.807, 2.05) is 6.92 Å². The SMILES string of the molecule is Cc1[nH]nc(S(=O)(=O)N2CCSC(C)C2)c1C(=O)O. The Balaban J connectivity index is 2.42. The van der Waals surface area contributed by atoms with Crippen LogP contribution in [0.4, 0.5) is 0 Å². The number of thioether (sulfide) groups is 1. The summed E-state index contributed by atoms with van der Waals surface area (Å²) in [4.78, 5) is 11.2. The summed E-state index contributed by atoms with van der Waals surface area (Å²) >= 11 is 1.70. The summed E-state index contributed by atoms with van der Waals surface area (Å²) in [5, 5.41) is 15.0. The summed E-state index contributed by atoms with van der Waals surface area (Å²) in [5.41, 5.74) is -0.0311. The van der Waals surface area contributed by atoms with E-state index in [4.69, 9.17) is 5.11 Å². The van der Waals surface area contributed by atoms with Crippen LogP contribution in [0.5, 0.6) is 0 Å². The van der Waals surface area contributed by atoms with Crippen molar-refractivity contribution in [1.82, 2.24) is 14.5 Å². The zero-order valence-electron chi connectivity index (χ0n) is 10.6. The first kappa shape index (κ1) is 14.4. The lowest BCUT2D eigenvalue weighted by Gasteiger charge is -2.29. The number of hydrogen-bond donors (Lipinski definition) is 2. The molecule has 0 saturated carbocycles. The zero-order chi connectivity index (χ0) is 14.2. The van der Waals surface area contributed by atoms with Gasteiger partial charge in [-0.2, -0.15) is 21.2 Å². The summed E-state index contributed by atoms with van der Waals surface area (Å²) in [6, 6.07) is 0. The Morgan fingerprint density at radius 3 is 2.84 bits per heavy atom. The quantitative estimate of drug-likeness (QED) is 0.845. The molecule has 2 heterocycles. The Labute approximate surface area is 115 Å². The first-order chi connectivity index (χ1) is 8.84. The monoisotopic (exact) mass is 305 g/mol. The van der Waals surface area contributed by atoms with Gasteiger partial charge in [0, 0.05) is 29.8 Å². The van der Waals surface area contributed by atoms with Crippen LogP contribution >= 0.6 is 11.8 Å². The molecule has 0 radical (unpaired) electrons. The summed E-state index contributed by atoms with van der Waals surface area (Å²) in [6.07, 6.45) is 0. The van der Waals surface area contributed by atoms with Crippen LogP contribution in [0.15, 0.2) is 5.03 Å². The molecule has 7 nitrogen and oxygen atoms in total. The number of rotatable bonds is 3. The Kier molecular flexibility index (Phi) is 3.88. The predicted molar refractivity (Wildman–Crippen MR) is 71.0 cm³/mol. The van der Waals surface area contributed by atoms with Gasteiger partial charge in [0.15, 0.2) is 0 Å². The lowest BCUT2D eigenvalue weighted by molar-refractivity contribution is 0.0691. The number of aryl methyl sites for hydroxylation is 1. The second kappa shape index (κ2) is 5.14. The molecular weight excluding hydrogens is 290 g/mol. The summed E-state index contributed by atoms with van der Waals surface area (Å²) in [5.74, 6) is -0.587. The molecule has 0 bridgehead atoms. The molecule has 1 aliphatic heterocycles. The average Bonchev–Trinajstić information content (AvgIpc) is 2.72. The van der Waals surface area contributed by atoms with Gasteiger partial charge in [0.2, 0.25) is 5.03 Å². The van der Waals surface area contributed by atoms with E-state index in [-0.39, 0.29) is 16.5 Å². The fraction of sp³-hybridized carbons (Fsp3) is 0.600. The molecule has 0 spiro atoms. The smallest absolute Gasteiger partial charge is 0.340 e. The Morgan fingerprint density at radius 2 is 2.26 bits per heavy atom. The van der Waals surface area contributed by atoms with Crippen LogP contribution in [0.25, 0.3) is 0 Å². The minimum absolute atomic E-state index is 0.192. The number of carboxylic acids is 1. The van der Waals surface area contributed by atoms with E-state index >= 15 is 0 Å². The molecule has 0 aliphatic carbocycles. The van der Waals surface area contributed by atoms with Crippen molar-refractivity contribution in [3.8, 4) is 0 Å². The molecule has 1 unspecified atom stereocenters. The average molecular weight is 305 g/mol. The highest BCUT2D eigenvalue weighted by atomic mass is 32.2. The molecule has 19 heavy (non-hydrogen) atoms. The van der Waals surface area contributed by atoms with E-state index in [0.29, 0.717) is 18.8 Å². The predicted octanol–water partition coefficient (Wildman–Crippen LogP) is 0.542. The molecule has 1 aromatic rings. The maximum atomic E-state index is 12.4. The fourth-order valence-electron chi connectivity index (χ4n) is 1.97. The van der Waals surface area contributed by atoms with E-state index in [1.165, 1.54) is 11.2 Å². The van der Waals surface area contributed by atoms with Gasteiger partial charge in [0.1, 0.15) is 5.56 Å². The first-order valence-corrected chi connectivity index (χ1v) is 8.23. The van der Waals surface area contributed by atoms with E-state index < -0.39 is 21.0 Å². The van der Waals surface area contributed by atoms with Crippen LogP contribution in [0.3, 0.4) is 0 Å². The maximum Gasteiger partial charge on any atom is 0.340 e. The van der Waals surface area contributed by atoms with E-state index in [9.17, 15) is 13.2 Å². The maximum absolute atomic E-state index is 12.4. The lowest BCUT2D eigenvalue weighted by Crippen LogP contribution is -2.41.